The van der Waals surface area contributed by atoms with Crippen LogP contribution in [0.15, 0.2) is 18.2 Å². The standard InChI is InChI=1S/C12H19NO2/c1-3-10-5-6-12(11(13)9-10)15-8-7-14-4-2/h5-6,9H,3-4,7-8,13H2,1-2H3. The van der Waals surface area contributed by atoms with Crippen LogP contribution in [0.4, 0.5) is 5.69 Å². The van der Waals surface area contributed by atoms with E-state index in [-0.39, 0.29) is 0 Å². The van der Waals surface area contributed by atoms with Crippen LogP contribution < -0.4 is 10.5 Å². The normalized spacial score (nSPS) is 10.3. The molecule has 1 aromatic carbocycles. The molecule has 1 aromatic rings. The molecule has 0 amide bonds. The molecular formula is C12H19NO2. The number of nitrogen functional groups attached to an aromatic ring is 1. The monoisotopic (exact) mass is 209 g/mol. The molecule has 0 aliphatic rings. The van der Waals surface area contributed by atoms with Crippen molar-refractivity contribution in [2.75, 3.05) is 25.6 Å². The first-order valence-corrected chi connectivity index (χ1v) is 5.36. The molecule has 15 heavy (non-hydrogen) atoms. The average molecular weight is 209 g/mol. The van der Waals surface area contributed by atoms with Crippen molar-refractivity contribution >= 4 is 5.69 Å². The highest BCUT2D eigenvalue weighted by molar-refractivity contribution is 5.54. The third-order valence-corrected chi connectivity index (χ3v) is 2.17. The zero-order chi connectivity index (χ0) is 11.1. The second-order valence-electron chi connectivity index (χ2n) is 3.27. The number of anilines is 1. The third kappa shape index (κ3) is 3.80. The van der Waals surface area contributed by atoms with Gasteiger partial charge in [-0.15, -0.1) is 0 Å². The van der Waals surface area contributed by atoms with Gasteiger partial charge in [0.25, 0.3) is 0 Å². The topological polar surface area (TPSA) is 44.5 Å². The number of nitrogens with two attached hydrogens (primary N) is 1. The van der Waals surface area contributed by atoms with Gasteiger partial charge in [0, 0.05) is 6.61 Å². The highest BCUT2D eigenvalue weighted by Gasteiger charge is 2.00. The van der Waals surface area contributed by atoms with Crippen LogP contribution in [-0.4, -0.2) is 19.8 Å². The van der Waals surface area contributed by atoms with Gasteiger partial charge in [0.2, 0.25) is 0 Å². The summed E-state index contributed by atoms with van der Waals surface area (Å²) in [5.74, 6) is 0.743. The lowest BCUT2D eigenvalue weighted by Gasteiger charge is -2.09. The fourth-order valence-electron chi connectivity index (χ4n) is 1.30. The van der Waals surface area contributed by atoms with Crippen LogP contribution in [0.5, 0.6) is 5.75 Å². The van der Waals surface area contributed by atoms with Gasteiger partial charge in [-0.1, -0.05) is 13.0 Å². The van der Waals surface area contributed by atoms with E-state index in [2.05, 4.69) is 6.92 Å². The largest absolute Gasteiger partial charge is 0.489 e. The Morgan fingerprint density at radius 1 is 1.20 bits per heavy atom. The van der Waals surface area contributed by atoms with Crippen molar-refractivity contribution in [2.24, 2.45) is 0 Å². The van der Waals surface area contributed by atoms with Gasteiger partial charge in [0.15, 0.2) is 0 Å². The van der Waals surface area contributed by atoms with Gasteiger partial charge in [0.05, 0.1) is 12.3 Å². The van der Waals surface area contributed by atoms with Gasteiger partial charge in [-0.25, -0.2) is 0 Å². The number of hydrogen-bond donors (Lipinski definition) is 1. The lowest BCUT2D eigenvalue weighted by molar-refractivity contribution is 0.110. The lowest BCUT2D eigenvalue weighted by Crippen LogP contribution is -2.07. The SMILES string of the molecule is CCOCCOc1ccc(CC)cc1N. The maximum atomic E-state index is 5.85. The van der Waals surface area contributed by atoms with Crippen molar-refractivity contribution in [1.29, 1.82) is 0 Å². The van der Waals surface area contributed by atoms with E-state index in [1.165, 1.54) is 5.56 Å². The fourth-order valence-corrected chi connectivity index (χ4v) is 1.30. The summed E-state index contributed by atoms with van der Waals surface area (Å²) in [6, 6.07) is 5.91. The molecule has 0 spiro atoms. The smallest absolute Gasteiger partial charge is 0.142 e. The number of ether oxygens (including phenoxy) is 2. The summed E-state index contributed by atoms with van der Waals surface area (Å²) in [7, 11) is 0. The molecular weight excluding hydrogens is 190 g/mol. The minimum Gasteiger partial charge on any atom is -0.489 e. The molecule has 0 atom stereocenters. The molecule has 0 aromatic heterocycles. The molecule has 0 aliphatic heterocycles. The van der Waals surface area contributed by atoms with Gasteiger partial charge in [-0.3, -0.25) is 0 Å². The maximum Gasteiger partial charge on any atom is 0.142 e. The number of rotatable bonds is 6. The summed E-state index contributed by atoms with van der Waals surface area (Å²) in [4.78, 5) is 0. The van der Waals surface area contributed by atoms with E-state index in [0.29, 0.717) is 25.5 Å². The quantitative estimate of drug-likeness (QED) is 0.577. The highest BCUT2D eigenvalue weighted by Crippen LogP contribution is 2.22. The van der Waals surface area contributed by atoms with E-state index < -0.39 is 0 Å². The van der Waals surface area contributed by atoms with Gasteiger partial charge in [-0.05, 0) is 31.0 Å². The minimum absolute atomic E-state index is 0.545. The molecule has 3 nitrogen and oxygen atoms in total. The van der Waals surface area contributed by atoms with E-state index in [1.807, 2.05) is 25.1 Å². The molecule has 0 saturated carbocycles. The molecule has 3 heteroatoms. The fraction of sp³-hybridized carbons (Fsp3) is 0.500. The molecule has 0 saturated heterocycles. The Morgan fingerprint density at radius 2 is 2.00 bits per heavy atom. The summed E-state index contributed by atoms with van der Waals surface area (Å²) in [6.45, 7) is 5.93. The van der Waals surface area contributed by atoms with Gasteiger partial charge >= 0.3 is 0 Å². The molecule has 84 valence electrons. The minimum atomic E-state index is 0.545. The van der Waals surface area contributed by atoms with Crippen LogP contribution in [0.25, 0.3) is 0 Å². The first kappa shape index (κ1) is 11.9. The Morgan fingerprint density at radius 3 is 2.60 bits per heavy atom. The predicted octanol–water partition coefficient (Wildman–Crippen LogP) is 2.25. The van der Waals surface area contributed by atoms with E-state index >= 15 is 0 Å². The van der Waals surface area contributed by atoms with Crippen LogP contribution in [0.3, 0.4) is 0 Å². The van der Waals surface area contributed by atoms with E-state index in [4.69, 9.17) is 15.2 Å². The van der Waals surface area contributed by atoms with Crippen LogP contribution in [0, 0.1) is 0 Å². The molecule has 0 unspecified atom stereocenters. The lowest BCUT2D eigenvalue weighted by atomic mass is 10.1. The summed E-state index contributed by atoms with van der Waals surface area (Å²) in [5.41, 5.74) is 7.77. The molecule has 0 heterocycles. The molecule has 2 N–H and O–H groups in total. The van der Waals surface area contributed by atoms with Crippen molar-refractivity contribution in [3.8, 4) is 5.75 Å². The molecule has 0 bridgehead atoms. The van der Waals surface area contributed by atoms with Crippen LogP contribution in [0.2, 0.25) is 0 Å². The van der Waals surface area contributed by atoms with Gasteiger partial charge < -0.3 is 15.2 Å². The van der Waals surface area contributed by atoms with E-state index in [1.54, 1.807) is 0 Å². The van der Waals surface area contributed by atoms with Crippen molar-refractivity contribution < 1.29 is 9.47 Å². The summed E-state index contributed by atoms with van der Waals surface area (Å²) in [5, 5.41) is 0. The first-order valence-electron chi connectivity index (χ1n) is 5.36. The van der Waals surface area contributed by atoms with Crippen LogP contribution >= 0.6 is 0 Å². The molecule has 0 aliphatic carbocycles. The molecule has 0 fully saturated rings. The number of benzene rings is 1. The molecule has 1 rings (SSSR count). The summed E-state index contributed by atoms with van der Waals surface area (Å²) >= 11 is 0. The Bertz CT molecular complexity index is 300. The summed E-state index contributed by atoms with van der Waals surface area (Å²) in [6.07, 6.45) is 0.990. The second kappa shape index (κ2) is 6.30. The Balaban J connectivity index is 2.47. The van der Waals surface area contributed by atoms with E-state index in [9.17, 15) is 0 Å². The van der Waals surface area contributed by atoms with Crippen molar-refractivity contribution in [1.82, 2.24) is 0 Å². The van der Waals surface area contributed by atoms with Crippen molar-refractivity contribution in [2.45, 2.75) is 20.3 Å². The Kier molecular flexibility index (Phi) is 4.98. The number of hydrogen-bond acceptors (Lipinski definition) is 3. The van der Waals surface area contributed by atoms with E-state index in [0.717, 1.165) is 12.2 Å². The molecule has 0 radical (unpaired) electrons. The summed E-state index contributed by atoms with van der Waals surface area (Å²) < 4.78 is 10.7. The number of aryl methyl sites for hydroxylation is 1. The predicted molar refractivity (Wildman–Crippen MR) is 62.2 cm³/mol. The van der Waals surface area contributed by atoms with Gasteiger partial charge in [-0.2, -0.15) is 0 Å². The zero-order valence-corrected chi connectivity index (χ0v) is 9.45. The first-order chi connectivity index (χ1) is 7.27. The van der Waals surface area contributed by atoms with Crippen LogP contribution in [0.1, 0.15) is 19.4 Å². The van der Waals surface area contributed by atoms with Crippen molar-refractivity contribution in [3.63, 3.8) is 0 Å². The second-order valence-corrected chi connectivity index (χ2v) is 3.27. The average Bonchev–Trinajstić information content (AvgIpc) is 2.26. The maximum absolute atomic E-state index is 5.85. The zero-order valence-electron chi connectivity index (χ0n) is 9.45. The van der Waals surface area contributed by atoms with Gasteiger partial charge in [0.1, 0.15) is 12.4 Å². The highest BCUT2D eigenvalue weighted by atomic mass is 16.5. The van der Waals surface area contributed by atoms with Crippen molar-refractivity contribution in [3.05, 3.63) is 23.8 Å². The third-order valence-electron chi connectivity index (χ3n) is 2.17. The Labute approximate surface area is 91.2 Å². The van der Waals surface area contributed by atoms with Crippen LogP contribution in [-0.2, 0) is 11.2 Å². The Hall–Kier alpha value is -1.22.